The molecule has 1 aliphatic carbocycles. The highest BCUT2D eigenvalue weighted by Gasteiger charge is 2.35. The van der Waals surface area contributed by atoms with Crippen molar-refractivity contribution in [2.24, 2.45) is 11.7 Å². The molecular weight excluding hydrogens is 244 g/mol. The second kappa shape index (κ2) is 4.80. The number of nitrogens with two attached hydrogens (primary N) is 1. The number of rotatable bonds is 2. The van der Waals surface area contributed by atoms with E-state index in [1.807, 2.05) is 6.20 Å². The largest absolute Gasteiger partial charge is 0.388 e. The van der Waals surface area contributed by atoms with Crippen LogP contribution in [0.4, 0.5) is 5.82 Å². The van der Waals surface area contributed by atoms with Gasteiger partial charge in [-0.05, 0) is 31.6 Å². The topological polar surface area (TPSA) is 55.0 Å². The van der Waals surface area contributed by atoms with Gasteiger partial charge in [-0.25, -0.2) is 9.97 Å². The number of piperidine rings is 1. The number of hydrogen-bond acceptors (Lipinski definition) is 4. The van der Waals surface area contributed by atoms with Crippen LogP contribution in [-0.4, -0.2) is 27.5 Å². The maximum absolute atomic E-state index is 5.54. The van der Waals surface area contributed by atoms with Gasteiger partial charge in [0.15, 0.2) is 0 Å². The van der Waals surface area contributed by atoms with Crippen LogP contribution in [0.2, 0.25) is 0 Å². The molecule has 2 heterocycles. The molecule has 2 fully saturated rings. The van der Waals surface area contributed by atoms with Gasteiger partial charge in [-0.15, -0.1) is 0 Å². The van der Waals surface area contributed by atoms with E-state index < -0.39 is 0 Å². The van der Waals surface area contributed by atoms with Crippen LogP contribution in [0.1, 0.15) is 37.8 Å². The van der Waals surface area contributed by atoms with Crippen LogP contribution < -0.4 is 10.6 Å². The Bertz CT molecular complexity index is 445. The van der Waals surface area contributed by atoms with Gasteiger partial charge < -0.3 is 10.6 Å². The van der Waals surface area contributed by atoms with Crippen LogP contribution in [0.25, 0.3) is 0 Å². The normalized spacial score (nSPS) is 27.0. The lowest BCUT2D eigenvalue weighted by Gasteiger charge is -2.38. The molecule has 0 spiro atoms. The number of fused-ring (bicyclic) bond motifs is 1. The minimum atomic E-state index is 0.312. The van der Waals surface area contributed by atoms with E-state index >= 15 is 0 Å². The van der Waals surface area contributed by atoms with Gasteiger partial charge in [-0.1, -0.05) is 18.6 Å². The maximum Gasteiger partial charge on any atom is 0.147 e. The Balaban J connectivity index is 1.82. The molecule has 4 nitrogen and oxygen atoms in total. The standard InChI is InChI=1S/C13H18N4S/c14-13(18)10-7-16-12(8-15-10)17-6-2-4-9-3-1-5-11(9)17/h7-9,11H,1-6H2,(H2,14,18). The van der Waals surface area contributed by atoms with Gasteiger partial charge in [0, 0.05) is 12.6 Å². The Morgan fingerprint density at radius 2 is 2.06 bits per heavy atom. The van der Waals surface area contributed by atoms with Gasteiger partial charge in [-0.2, -0.15) is 0 Å². The summed E-state index contributed by atoms with van der Waals surface area (Å²) < 4.78 is 0. The van der Waals surface area contributed by atoms with E-state index in [1.165, 1.54) is 32.1 Å². The van der Waals surface area contributed by atoms with Crippen molar-refractivity contribution in [2.45, 2.75) is 38.1 Å². The third-order valence-electron chi connectivity index (χ3n) is 4.18. The van der Waals surface area contributed by atoms with Gasteiger partial charge in [0.05, 0.1) is 12.4 Å². The van der Waals surface area contributed by atoms with Gasteiger partial charge in [0.2, 0.25) is 0 Å². The lowest BCUT2D eigenvalue weighted by Crippen LogP contribution is -2.43. The quantitative estimate of drug-likeness (QED) is 0.825. The second-order valence-electron chi connectivity index (χ2n) is 5.22. The van der Waals surface area contributed by atoms with E-state index in [9.17, 15) is 0 Å². The third-order valence-corrected chi connectivity index (χ3v) is 4.39. The van der Waals surface area contributed by atoms with E-state index in [-0.39, 0.29) is 0 Å². The molecule has 1 aliphatic heterocycles. The molecule has 1 aromatic rings. The first-order valence-corrected chi connectivity index (χ1v) is 7.05. The zero-order valence-electron chi connectivity index (χ0n) is 10.4. The summed E-state index contributed by atoms with van der Waals surface area (Å²) in [6, 6.07) is 0.670. The molecule has 2 N–H and O–H groups in total. The fourth-order valence-electron chi connectivity index (χ4n) is 3.34. The number of nitrogens with zero attached hydrogens (tertiary/aromatic N) is 3. The molecular formula is C13H18N4S. The van der Waals surface area contributed by atoms with Gasteiger partial charge in [0.1, 0.15) is 16.5 Å². The zero-order valence-corrected chi connectivity index (χ0v) is 11.2. The van der Waals surface area contributed by atoms with Crippen molar-refractivity contribution in [3.8, 4) is 0 Å². The molecule has 0 aromatic carbocycles. The molecule has 1 saturated carbocycles. The molecule has 1 aromatic heterocycles. The first-order chi connectivity index (χ1) is 8.75. The monoisotopic (exact) mass is 262 g/mol. The second-order valence-corrected chi connectivity index (χ2v) is 5.66. The zero-order chi connectivity index (χ0) is 12.5. The lowest BCUT2D eigenvalue weighted by atomic mass is 9.92. The summed E-state index contributed by atoms with van der Waals surface area (Å²) >= 11 is 4.90. The summed E-state index contributed by atoms with van der Waals surface area (Å²) in [6.45, 7) is 1.10. The lowest BCUT2D eigenvalue weighted by molar-refractivity contribution is 0.360. The van der Waals surface area contributed by atoms with Crippen molar-refractivity contribution >= 4 is 23.0 Å². The minimum Gasteiger partial charge on any atom is -0.388 e. The van der Waals surface area contributed by atoms with Crippen molar-refractivity contribution in [3.63, 3.8) is 0 Å². The molecule has 96 valence electrons. The Hall–Kier alpha value is -1.23. The van der Waals surface area contributed by atoms with E-state index in [2.05, 4.69) is 14.9 Å². The first-order valence-electron chi connectivity index (χ1n) is 6.64. The predicted molar refractivity (Wildman–Crippen MR) is 75.6 cm³/mol. The summed E-state index contributed by atoms with van der Waals surface area (Å²) in [6.07, 6.45) is 10.2. The summed E-state index contributed by atoms with van der Waals surface area (Å²) in [5, 5.41) is 0. The van der Waals surface area contributed by atoms with Crippen molar-refractivity contribution < 1.29 is 0 Å². The van der Waals surface area contributed by atoms with Crippen LogP contribution in [0.3, 0.4) is 0 Å². The Labute approximate surface area is 113 Å². The number of hydrogen-bond donors (Lipinski definition) is 1. The van der Waals surface area contributed by atoms with Crippen LogP contribution in [0, 0.1) is 5.92 Å². The third kappa shape index (κ3) is 2.07. The van der Waals surface area contributed by atoms with E-state index in [1.54, 1.807) is 6.20 Å². The SMILES string of the molecule is NC(=S)c1cnc(N2CCCC3CCCC32)cn1. The summed E-state index contributed by atoms with van der Waals surface area (Å²) in [5.74, 6) is 1.84. The van der Waals surface area contributed by atoms with Crippen molar-refractivity contribution in [1.82, 2.24) is 9.97 Å². The van der Waals surface area contributed by atoms with Gasteiger partial charge in [0.25, 0.3) is 0 Å². The van der Waals surface area contributed by atoms with E-state index in [0.29, 0.717) is 16.7 Å². The minimum absolute atomic E-state index is 0.312. The molecule has 0 amide bonds. The predicted octanol–water partition coefficient (Wildman–Crippen LogP) is 1.88. The molecule has 0 bridgehead atoms. The van der Waals surface area contributed by atoms with Crippen LogP contribution in [-0.2, 0) is 0 Å². The van der Waals surface area contributed by atoms with Gasteiger partial charge >= 0.3 is 0 Å². The maximum atomic E-state index is 5.54. The molecule has 1 saturated heterocycles. The number of thiocarbonyl (C=S) groups is 1. The molecule has 5 heteroatoms. The molecule has 2 aliphatic rings. The van der Waals surface area contributed by atoms with Crippen molar-refractivity contribution in [3.05, 3.63) is 18.1 Å². The Morgan fingerprint density at radius 3 is 2.78 bits per heavy atom. The van der Waals surface area contributed by atoms with Crippen LogP contribution in [0.5, 0.6) is 0 Å². The molecule has 2 atom stereocenters. The number of anilines is 1. The van der Waals surface area contributed by atoms with Crippen LogP contribution >= 0.6 is 12.2 Å². The molecule has 18 heavy (non-hydrogen) atoms. The summed E-state index contributed by atoms with van der Waals surface area (Å²) in [5.41, 5.74) is 6.15. The highest BCUT2D eigenvalue weighted by molar-refractivity contribution is 7.80. The van der Waals surface area contributed by atoms with Crippen LogP contribution in [0.15, 0.2) is 12.4 Å². The fraction of sp³-hybridized carbons (Fsp3) is 0.615. The van der Waals surface area contributed by atoms with Crippen molar-refractivity contribution in [2.75, 3.05) is 11.4 Å². The highest BCUT2D eigenvalue weighted by atomic mass is 32.1. The summed E-state index contributed by atoms with van der Waals surface area (Å²) in [7, 11) is 0. The Morgan fingerprint density at radius 1 is 1.22 bits per heavy atom. The molecule has 0 radical (unpaired) electrons. The molecule has 2 unspecified atom stereocenters. The highest BCUT2D eigenvalue weighted by Crippen LogP contribution is 2.38. The van der Waals surface area contributed by atoms with Crippen molar-refractivity contribution in [1.29, 1.82) is 0 Å². The first kappa shape index (κ1) is 11.8. The average Bonchev–Trinajstić information content (AvgIpc) is 2.87. The average molecular weight is 262 g/mol. The smallest absolute Gasteiger partial charge is 0.147 e. The fourth-order valence-corrected chi connectivity index (χ4v) is 3.44. The van der Waals surface area contributed by atoms with E-state index in [0.717, 1.165) is 18.3 Å². The van der Waals surface area contributed by atoms with Gasteiger partial charge in [-0.3, -0.25) is 0 Å². The number of aromatic nitrogens is 2. The van der Waals surface area contributed by atoms with E-state index in [4.69, 9.17) is 18.0 Å². The Kier molecular flexibility index (Phi) is 3.16. The molecule has 3 rings (SSSR count). The summed E-state index contributed by atoms with van der Waals surface area (Å²) in [4.78, 5) is 11.5.